The van der Waals surface area contributed by atoms with Crippen molar-refractivity contribution >= 4 is 12.0 Å². The van der Waals surface area contributed by atoms with E-state index in [0.717, 1.165) is 4.90 Å². The summed E-state index contributed by atoms with van der Waals surface area (Å²) in [6.45, 7) is -3.24. The Labute approximate surface area is 107 Å². The molecule has 1 aliphatic rings. The normalized spacial score (nSPS) is 15.2. The minimum Gasteiger partial charge on any atom is -0.480 e. The number of aliphatic carboxylic acids is 1. The van der Waals surface area contributed by atoms with E-state index < -0.39 is 44.4 Å². The lowest BCUT2D eigenvalue weighted by atomic mass is 10.4. The molecule has 0 bridgehead atoms. The Balaban J connectivity index is 2.74. The van der Waals surface area contributed by atoms with Crippen LogP contribution in [0, 0.1) is 0 Å². The molecule has 9 heteroatoms. The largest absolute Gasteiger partial charge is 0.480 e. The number of carbonyl (C=O) groups is 2. The summed E-state index contributed by atoms with van der Waals surface area (Å²) < 4.78 is 37.0. The number of halogens is 3. The highest BCUT2D eigenvalue weighted by Gasteiger charge is 2.39. The van der Waals surface area contributed by atoms with Crippen LogP contribution in [0.1, 0.15) is 12.8 Å². The predicted octanol–water partition coefficient (Wildman–Crippen LogP) is 0.512. The number of amides is 2. The molecule has 0 aromatic carbocycles. The molecule has 0 spiro atoms. The van der Waals surface area contributed by atoms with Crippen molar-refractivity contribution in [3.8, 4) is 0 Å². The summed E-state index contributed by atoms with van der Waals surface area (Å²) in [5, 5.41) is 17.4. The zero-order valence-electron chi connectivity index (χ0n) is 10.1. The van der Waals surface area contributed by atoms with Gasteiger partial charge in [0.15, 0.2) is 0 Å². The van der Waals surface area contributed by atoms with Crippen LogP contribution in [-0.2, 0) is 4.79 Å². The van der Waals surface area contributed by atoms with Gasteiger partial charge in [-0.2, -0.15) is 13.2 Å². The number of carboxylic acid groups (broad SMARTS) is 1. The van der Waals surface area contributed by atoms with Gasteiger partial charge in [0.25, 0.3) is 0 Å². The monoisotopic (exact) mass is 284 g/mol. The molecule has 0 heterocycles. The van der Waals surface area contributed by atoms with Crippen molar-refractivity contribution in [1.82, 2.24) is 9.80 Å². The van der Waals surface area contributed by atoms with Gasteiger partial charge in [0.1, 0.15) is 13.1 Å². The smallest absolute Gasteiger partial charge is 0.406 e. The molecule has 0 atom stereocenters. The maximum atomic E-state index is 12.3. The number of aliphatic hydroxyl groups excluding tert-OH is 1. The quantitative estimate of drug-likeness (QED) is 0.744. The number of rotatable bonds is 6. The van der Waals surface area contributed by atoms with Gasteiger partial charge in [-0.3, -0.25) is 4.79 Å². The summed E-state index contributed by atoms with van der Waals surface area (Å²) >= 11 is 0. The van der Waals surface area contributed by atoms with Crippen LogP contribution in [-0.4, -0.2) is 70.5 Å². The van der Waals surface area contributed by atoms with E-state index in [9.17, 15) is 22.8 Å². The Hall–Kier alpha value is -1.51. The maximum absolute atomic E-state index is 12.3. The van der Waals surface area contributed by atoms with E-state index >= 15 is 0 Å². The molecule has 1 aliphatic carbocycles. The number of carboxylic acids is 1. The van der Waals surface area contributed by atoms with E-state index in [4.69, 9.17) is 10.2 Å². The molecule has 0 aliphatic heterocycles. The van der Waals surface area contributed by atoms with E-state index in [1.165, 1.54) is 0 Å². The summed E-state index contributed by atoms with van der Waals surface area (Å²) in [5.41, 5.74) is 0. The summed E-state index contributed by atoms with van der Waals surface area (Å²) in [7, 11) is 0. The Morgan fingerprint density at radius 1 is 1.26 bits per heavy atom. The van der Waals surface area contributed by atoms with Crippen molar-refractivity contribution in [2.75, 3.05) is 26.2 Å². The Bertz CT molecular complexity index is 344. The van der Waals surface area contributed by atoms with Crippen LogP contribution in [0.4, 0.5) is 18.0 Å². The van der Waals surface area contributed by atoms with Crippen LogP contribution >= 0.6 is 0 Å². The molecular weight excluding hydrogens is 269 g/mol. The first kappa shape index (κ1) is 15.5. The summed E-state index contributed by atoms with van der Waals surface area (Å²) in [5.74, 6) is -1.28. The molecule has 0 saturated heterocycles. The molecule has 1 saturated carbocycles. The third kappa shape index (κ3) is 5.33. The molecule has 1 rings (SSSR count). The van der Waals surface area contributed by atoms with Crippen molar-refractivity contribution in [2.24, 2.45) is 0 Å². The molecule has 1 fully saturated rings. The van der Waals surface area contributed by atoms with Gasteiger partial charge in [-0.05, 0) is 12.8 Å². The van der Waals surface area contributed by atoms with Gasteiger partial charge in [0.05, 0.1) is 6.61 Å². The van der Waals surface area contributed by atoms with Gasteiger partial charge < -0.3 is 20.0 Å². The van der Waals surface area contributed by atoms with Crippen LogP contribution in [0.25, 0.3) is 0 Å². The van der Waals surface area contributed by atoms with Crippen molar-refractivity contribution in [3.63, 3.8) is 0 Å². The second-order valence-electron chi connectivity index (χ2n) is 4.30. The fourth-order valence-electron chi connectivity index (χ4n) is 1.65. The third-order valence-electron chi connectivity index (χ3n) is 2.55. The molecule has 2 N–H and O–H groups in total. The van der Waals surface area contributed by atoms with E-state index in [2.05, 4.69) is 0 Å². The third-order valence-corrected chi connectivity index (χ3v) is 2.55. The molecule has 0 unspecified atom stereocenters. The fourth-order valence-corrected chi connectivity index (χ4v) is 1.65. The van der Waals surface area contributed by atoms with Crippen LogP contribution in [0.3, 0.4) is 0 Å². The lowest BCUT2D eigenvalue weighted by Gasteiger charge is -2.30. The highest BCUT2D eigenvalue weighted by atomic mass is 19.4. The Morgan fingerprint density at radius 3 is 2.21 bits per heavy atom. The predicted molar refractivity (Wildman–Crippen MR) is 57.5 cm³/mol. The summed E-state index contributed by atoms with van der Waals surface area (Å²) in [4.78, 5) is 23.9. The molecule has 6 nitrogen and oxygen atoms in total. The highest BCUT2D eigenvalue weighted by Crippen LogP contribution is 2.28. The molecule has 0 radical (unpaired) electrons. The van der Waals surface area contributed by atoms with Crippen molar-refractivity contribution in [2.45, 2.75) is 25.1 Å². The van der Waals surface area contributed by atoms with Gasteiger partial charge in [-0.25, -0.2) is 4.79 Å². The molecular formula is C10H15F3N2O4. The van der Waals surface area contributed by atoms with E-state index in [-0.39, 0.29) is 6.04 Å². The maximum Gasteiger partial charge on any atom is 0.406 e. The summed E-state index contributed by atoms with van der Waals surface area (Å²) in [6.07, 6.45) is -3.43. The lowest BCUT2D eigenvalue weighted by Crippen LogP contribution is -2.50. The van der Waals surface area contributed by atoms with Gasteiger partial charge >= 0.3 is 18.2 Å². The number of nitrogens with zero attached hydrogens (tertiary/aromatic N) is 2. The van der Waals surface area contributed by atoms with Crippen molar-refractivity contribution < 1.29 is 33.0 Å². The Morgan fingerprint density at radius 2 is 1.84 bits per heavy atom. The van der Waals surface area contributed by atoms with Gasteiger partial charge in [-0.15, -0.1) is 0 Å². The highest BCUT2D eigenvalue weighted by molar-refractivity contribution is 5.80. The summed E-state index contributed by atoms with van der Waals surface area (Å²) in [6, 6.07) is -1.32. The zero-order chi connectivity index (χ0) is 14.6. The SMILES string of the molecule is O=C(O)CN(C(=O)N(CCO)CC(F)(F)F)C1CC1. The van der Waals surface area contributed by atoms with Crippen molar-refractivity contribution in [1.29, 1.82) is 0 Å². The minimum atomic E-state index is -4.59. The first-order valence-electron chi connectivity index (χ1n) is 5.69. The minimum absolute atomic E-state index is 0.321. The first-order valence-corrected chi connectivity index (χ1v) is 5.69. The zero-order valence-corrected chi connectivity index (χ0v) is 10.1. The number of hydrogen-bond donors (Lipinski definition) is 2. The van der Waals surface area contributed by atoms with Crippen LogP contribution in [0.5, 0.6) is 0 Å². The molecule has 2 amide bonds. The van der Waals surface area contributed by atoms with Crippen molar-refractivity contribution in [3.05, 3.63) is 0 Å². The Kier molecular flexibility index (Phi) is 4.98. The van der Waals surface area contributed by atoms with Gasteiger partial charge in [0, 0.05) is 12.6 Å². The van der Waals surface area contributed by atoms with Gasteiger partial charge in [0.2, 0.25) is 0 Å². The number of hydrogen-bond acceptors (Lipinski definition) is 3. The average Bonchev–Trinajstić information content (AvgIpc) is 3.06. The fraction of sp³-hybridized carbons (Fsp3) is 0.800. The second kappa shape index (κ2) is 6.09. The molecule has 0 aromatic heterocycles. The second-order valence-corrected chi connectivity index (χ2v) is 4.30. The first-order chi connectivity index (χ1) is 8.74. The van der Waals surface area contributed by atoms with E-state index in [1.54, 1.807) is 0 Å². The number of aliphatic hydroxyl groups is 1. The van der Waals surface area contributed by atoms with E-state index in [1.807, 2.05) is 0 Å². The van der Waals surface area contributed by atoms with E-state index in [0.29, 0.717) is 17.7 Å². The van der Waals surface area contributed by atoms with Crippen LogP contribution in [0.15, 0.2) is 0 Å². The van der Waals surface area contributed by atoms with Crippen LogP contribution < -0.4 is 0 Å². The number of alkyl halides is 3. The average molecular weight is 284 g/mol. The van der Waals surface area contributed by atoms with Crippen LogP contribution in [0.2, 0.25) is 0 Å². The number of urea groups is 1. The number of carbonyl (C=O) groups excluding carboxylic acids is 1. The standard InChI is InChI=1S/C10H15F3N2O4/c11-10(12,13)6-14(3-4-16)9(19)15(5-8(17)18)7-1-2-7/h7,16H,1-6H2,(H,17,18). The van der Waals surface area contributed by atoms with Gasteiger partial charge in [-0.1, -0.05) is 0 Å². The molecule has 110 valence electrons. The topological polar surface area (TPSA) is 81.1 Å². The molecule has 19 heavy (non-hydrogen) atoms. The lowest BCUT2D eigenvalue weighted by molar-refractivity contribution is -0.142. The molecule has 0 aromatic rings.